The molecule has 0 aliphatic carbocycles. The minimum atomic E-state index is -0.996. The summed E-state index contributed by atoms with van der Waals surface area (Å²) in [5.41, 5.74) is 10.7. The summed E-state index contributed by atoms with van der Waals surface area (Å²) in [5.74, 6) is -1.19. The SMILES string of the molecule is NC[C@H](NC(=O)c1ccc(-c2cccc(CN3CCOCC3)c2)cc1)C(=O)NO. The van der Waals surface area contributed by atoms with E-state index in [1.54, 1.807) is 12.1 Å². The second-order valence-corrected chi connectivity index (χ2v) is 6.90. The molecule has 0 spiro atoms. The molecule has 1 atom stereocenters. The van der Waals surface area contributed by atoms with Crippen molar-refractivity contribution in [1.29, 1.82) is 0 Å². The molecule has 8 heteroatoms. The lowest BCUT2D eigenvalue weighted by Gasteiger charge is -2.26. The number of nitrogens with zero attached hydrogens (tertiary/aromatic N) is 1. The van der Waals surface area contributed by atoms with Gasteiger partial charge >= 0.3 is 0 Å². The molecule has 2 aromatic rings. The Morgan fingerprint density at radius 2 is 1.83 bits per heavy atom. The zero-order chi connectivity index (χ0) is 20.6. The van der Waals surface area contributed by atoms with E-state index in [1.165, 1.54) is 11.0 Å². The van der Waals surface area contributed by atoms with Crippen molar-refractivity contribution < 1.29 is 19.5 Å². The molecule has 2 aromatic carbocycles. The highest BCUT2D eigenvalue weighted by molar-refractivity contribution is 5.97. The third kappa shape index (κ3) is 5.61. The number of amides is 2. The summed E-state index contributed by atoms with van der Waals surface area (Å²) in [4.78, 5) is 26.1. The number of benzene rings is 2. The second-order valence-electron chi connectivity index (χ2n) is 6.90. The first-order valence-corrected chi connectivity index (χ1v) is 9.55. The molecule has 1 fully saturated rings. The van der Waals surface area contributed by atoms with E-state index in [4.69, 9.17) is 15.7 Å². The number of nitrogens with one attached hydrogen (secondary N) is 2. The predicted molar refractivity (Wildman–Crippen MR) is 108 cm³/mol. The first-order valence-electron chi connectivity index (χ1n) is 9.55. The summed E-state index contributed by atoms with van der Waals surface area (Å²) in [6.07, 6.45) is 0. The smallest absolute Gasteiger partial charge is 0.267 e. The van der Waals surface area contributed by atoms with Gasteiger partial charge in [0, 0.05) is 31.7 Å². The van der Waals surface area contributed by atoms with Gasteiger partial charge in [0.2, 0.25) is 0 Å². The minimum absolute atomic E-state index is 0.119. The Bertz CT molecular complexity index is 835. The molecule has 0 radical (unpaired) electrons. The van der Waals surface area contributed by atoms with E-state index >= 15 is 0 Å². The second kappa shape index (κ2) is 10.1. The van der Waals surface area contributed by atoms with Crippen LogP contribution in [0.25, 0.3) is 11.1 Å². The van der Waals surface area contributed by atoms with Crippen LogP contribution in [0.4, 0.5) is 0 Å². The lowest BCUT2D eigenvalue weighted by molar-refractivity contribution is -0.130. The predicted octanol–water partition coefficient (Wildman–Crippen LogP) is 0.748. The molecule has 0 saturated carbocycles. The molecule has 3 rings (SSSR count). The standard InChI is InChI=1S/C21H26N4O4/c22-13-19(21(27)24-28)23-20(26)17-6-4-16(5-7-17)18-3-1-2-15(12-18)14-25-8-10-29-11-9-25/h1-7,12,19,28H,8-11,13-14,22H2,(H,23,26)(H,24,27)/t19-/m0/s1. The minimum Gasteiger partial charge on any atom is -0.379 e. The van der Waals surface area contributed by atoms with Crippen LogP contribution >= 0.6 is 0 Å². The van der Waals surface area contributed by atoms with Crippen LogP contribution in [0.15, 0.2) is 48.5 Å². The Hall–Kier alpha value is -2.78. The Balaban J connectivity index is 1.67. The van der Waals surface area contributed by atoms with Crippen molar-refractivity contribution in [2.24, 2.45) is 5.73 Å². The van der Waals surface area contributed by atoms with Crippen LogP contribution in [0.2, 0.25) is 0 Å². The van der Waals surface area contributed by atoms with E-state index in [0.29, 0.717) is 5.56 Å². The van der Waals surface area contributed by atoms with E-state index in [0.717, 1.165) is 44.0 Å². The van der Waals surface area contributed by atoms with Gasteiger partial charge in [-0.25, -0.2) is 5.48 Å². The maximum atomic E-state index is 12.3. The Morgan fingerprint density at radius 1 is 1.10 bits per heavy atom. The number of hydrogen-bond acceptors (Lipinski definition) is 6. The van der Waals surface area contributed by atoms with E-state index in [-0.39, 0.29) is 6.54 Å². The van der Waals surface area contributed by atoms with Gasteiger partial charge in [-0.05, 0) is 34.9 Å². The third-order valence-corrected chi connectivity index (χ3v) is 4.89. The van der Waals surface area contributed by atoms with Gasteiger partial charge in [-0.3, -0.25) is 19.7 Å². The molecule has 0 unspecified atom stereocenters. The van der Waals surface area contributed by atoms with Crippen LogP contribution in [-0.2, 0) is 16.1 Å². The first kappa shape index (κ1) is 20.9. The number of rotatable bonds is 7. The van der Waals surface area contributed by atoms with Gasteiger partial charge in [-0.2, -0.15) is 0 Å². The number of hydroxylamine groups is 1. The molecular formula is C21H26N4O4. The number of nitrogens with two attached hydrogens (primary N) is 1. The average molecular weight is 398 g/mol. The van der Waals surface area contributed by atoms with Gasteiger partial charge in [-0.15, -0.1) is 0 Å². The maximum Gasteiger partial charge on any atom is 0.267 e. The molecule has 1 aliphatic rings. The Morgan fingerprint density at radius 3 is 2.48 bits per heavy atom. The molecule has 1 saturated heterocycles. The lowest BCUT2D eigenvalue weighted by atomic mass is 10.0. The van der Waals surface area contributed by atoms with Crippen LogP contribution in [-0.4, -0.2) is 60.8 Å². The lowest BCUT2D eigenvalue weighted by Crippen LogP contribution is -2.50. The van der Waals surface area contributed by atoms with Crippen LogP contribution in [0, 0.1) is 0 Å². The van der Waals surface area contributed by atoms with Crippen LogP contribution in [0.1, 0.15) is 15.9 Å². The third-order valence-electron chi connectivity index (χ3n) is 4.89. The van der Waals surface area contributed by atoms with Gasteiger partial charge in [0.05, 0.1) is 13.2 Å². The molecule has 0 aromatic heterocycles. The highest BCUT2D eigenvalue weighted by Crippen LogP contribution is 2.22. The fourth-order valence-corrected chi connectivity index (χ4v) is 3.23. The Labute approximate surface area is 169 Å². The van der Waals surface area contributed by atoms with Crippen molar-refractivity contribution in [3.63, 3.8) is 0 Å². The topological polar surface area (TPSA) is 117 Å². The molecule has 5 N–H and O–H groups in total. The van der Waals surface area contributed by atoms with Crippen molar-refractivity contribution in [3.8, 4) is 11.1 Å². The van der Waals surface area contributed by atoms with Gasteiger partial charge in [-0.1, -0.05) is 30.3 Å². The van der Waals surface area contributed by atoms with Crippen LogP contribution < -0.4 is 16.5 Å². The molecule has 29 heavy (non-hydrogen) atoms. The maximum absolute atomic E-state index is 12.3. The van der Waals surface area contributed by atoms with Crippen molar-refractivity contribution in [1.82, 2.24) is 15.7 Å². The van der Waals surface area contributed by atoms with Gasteiger partial charge in [0.1, 0.15) is 6.04 Å². The first-order chi connectivity index (χ1) is 14.1. The van der Waals surface area contributed by atoms with E-state index < -0.39 is 17.9 Å². The molecule has 0 bridgehead atoms. The zero-order valence-electron chi connectivity index (χ0n) is 16.1. The van der Waals surface area contributed by atoms with E-state index in [2.05, 4.69) is 22.3 Å². The molecule has 154 valence electrons. The van der Waals surface area contributed by atoms with E-state index in [1.807, 2.05) is 24.3 Å². The normalized spacial score (nSPS) is 15.5. The fourth-order valence-electron chi connectivity index (χ4n) is 3.23. The highest BCUT2D eigenvalue weighted by atomic mass is 16.5. The quantitative estimate of drug-likeness (QED) is 0.404. The zero-order valence-corrected chi connectivity index (χ0v) is 16.1. The molecule has 1 heterocycles. The number of morpholine rings is 1. The number of carbonyl (C=O) groups is 2. The van der Waals surface area contributed by atoms with E-state index in [9.17, 15) is 9.59 Å². The molecule has 1 aliphatic heterocycles. The average Bonchev–Trinajstić information content (AvgIpc) is 2.77. The van der Waals surface area contributed by atoms with Crippen molar-refractivity contribution in [2.75, 3.05) is 32.8 Å². The molecule has 8 nitrogen and oxygen atoms in total. The molecular weight excluding hydrogens is 372 g/mol. The van der Waals surface area contributed by atoms with Gasteiger partial charge in [0.25, 0.3) is 11.8 Å². The Kier molecular flexibility index (Phi) is 7.31. The molecule has 2 amide bonds. The summed E-state index contributed by atoms with van der Waals surface area (Å²) in [6, 6.07) is 14.5. The summed E-state index contributed by atoms with van der Waals surface area (Å²) in [7, 11) is 0. The monoisotopic (exact) mass is 398 g/mol. The number of hydrogen-bond donors (Lipinski definition) is 4. The van der Waals surface area contributed by atoms with Crippen molar-refractivity contribution in [3.05, 3.63) is 59.7 Å². The van der Waals surface area contributed by atoms with Crippen LogP contribution in [0.3, 0.4) is 0 Å². The summed E-state index contributed by atoms with van der Waals surface area (Å²) in [6.45, 7) is 4.18. The van der Waals surface area contributed by atoms with Crippen molar-refractivity contribution >= 4 is 11.8 Å². The van der Waals surface area contributed by atoms with Crippen molar-refractivity contribution in [2.45, 2.75) is 12.6 Å². The number of carbonyl (C=O) groups excluding carboxylic acids is 2. The van der Waals surface area contributed by atoms with Gasteiger partial charge < -0.3 is 15.8 Å². The number of ether oxygens (including phenoxy) is 1. The highest BCUT2D eigenvalue weighted by Gasteiger charge is 2.19. The fraction of sp³-hybridized carbons (Fsp3) is 0.333. The largest absolute Gasteiger partial charge is 0.379 e. The van der Waals surface area contributed by atoms with Gasteiger partial charge in [0.15, 0.2) is 0 Å². The summed E-state index contributed by atoms with van der Waals surface area (Å²) >= 11 is 0. The van der Waals surface area contributed by atoms with Crippen LogP contribution in [0.5, 0.6) is 0 Å². The summed E-state index contributed by atoms with van der Waals surface area (Å²) < 4.78 is 5.40. The summed E-state index contributed by atoms with van der Waals surface area (Å²) in [5, 5.41) is 11.2.